The van der Waals surface area contributed by atoms with Gasteiger partial charge >= 0.3 is 0 Å². The molecule has 1 aromatic rings. The highest BCUT2D eigenvalue weighted by Gasteiger charge is 1.98. The number of rotatable bonds is 1. The van der Waals surface area contributed by atoms with Crippen molar-refractivity contribution in [3.05, 3.63) is 23.8 Å². The SMILES string of the molecule is NCc1cc(F)ncc1N. The van der Waals surface area contributed by atoms with Crippen LogP contribution in [0.1, 0.15) is 5.56 Å². The molecule has 4 N–H and O–H groups in total. The highest BCUT2D eigenvalue weighted by atomic mass is 19.1. The molecule has 4 heteroatoms. The number of pyridine rings is 1. The molecule has 0 radical (unpaired) electrons. The summed E-state index contributed by atoms with van der Waals surface area (Å²) in [6.45, 7) is 0.241. The van der Waals surface area contributed by atoms with Crippen molar-refractivity contribution in [3.63, 3.8) is 0 Å². The largest absolute Gasteiger partial charge is 0.397 e. The minimum Gasteiger partial charge on any atom is -0.397 e. The molecule has 0 atom stereocenters. The third-order valence-electron chi connectivity index (χ3n) is 1.21. The molecule has 0 aliphatic heterocycles. The maximum Gasteiger partial charge on any atom is 0.213 e. The summed E-state index contributed by atoms with van der Waals surface area (Å²) in [6.07, 6.45) is 1.26. The molecule has 0 aliphatic carbocycles. The first-order chi connectivity index (χ1) is 4.74. The second kappa shape index (κ2) is 2.62. The molecular weight excluding hydrogens is 133 g/mol. The Bertz CT molecular complexity index is 236. The monoisotopic (exact) mass is 141 g/mol. The van der Waals surface area contributed by atoms with E-state index in [1.165, 1.54) is 12.3 Å². The van der Waals surface area contributed by atoms with Gasteiger partial charge in [0.1, 0.15) is 0 Å². The molecular formula is C6H8FN3. The number of nitrogens with two attached hydrogens (primary N) is 2. The predicted octanol–water partition coefficient (Wildman–Crippen LogP) is 0.262. The molecule has 0 aromatic carbocycles. The number of aromatic nitrogens is 1. The zero-order chi connectivity index (χ0) is 7.56. The van der Waals surface area contributed by atoms with Crippen molar-refractivity contribution in [3.8, 4) is 0 Å². The predicted molar refractivity (Wildman–Crippen MR) is 36.5 cm³/mol. The third-order valence-corrected chi connectivity index (χ3v) is 1.21. The molecule has 3 nitrogen and oxygen atoms in total. The molecule has 0 spiro atoms. The van der Waals surface area contributed by atoms with E-state index in [-0.39, 0.29) is 6.54 Å². The molecule has 0 unspecified atom stereocenters. The molecule has 0 saturated heterocycles. The van der Waals surface area contributed by atoms with E-state index in [9.17, 15) is 4.39 Å². The Hall–Kier alpha value is -1.16. The molecule has 10 heavy (non-hydrogen) atoms. The molecule has 0 bridgehead atoms. The van der Waals surface area contributed by atoms with Crippen molar-refractivity contribution >= 4 is 5.69 Å². The van der Waals surface area contributed by atoms with Crippen LogP contribution in [0.2, 0.25) is 0 Å². The minimum atomic E-state index is -0.547. The normalized spacial score (nSPS) is 9.80. The molecule has 54 valence electrons. The first-order valence-corrected chi connectivity index (χ1v) is 2.84. The smallest absolute Gasteiger partial charge is 0.213 e. The van der Waals surface area contributed by atoms with Crippen molar-refractivity contribution in [2.75, 3.05) is 5.73 Å². The summed E-state index contributed by atoms with van der Waals surface area (Å²) in [5, 5.41) is 0. The Morgan fingerprint density at radius 2 is 2.30 bits per heavy atom. The van der Waals surface area contributed by atoms with E-state index < -0.39 is 5.95 Å². The number of halogens is 1. The quantitative estimate of drug-likeness (QED) is 0.551. The van der Waals surface area contributed by atoms with Crippen LogP contribution in [0.3, 0.4) is 0 Å². The zero-order valence-electron chi connectivity index (χ0n) is 5.34. The summed E-state index contributed by atoms with van der Waals surface area (Å²) in [6, 6.07) is 1.23. The lowest BCUT2D eigenvalue weighted by Gasteiger charge is -1.99. The van der Waals surface area contributed by atoms with Crippen LogP contribution in [0.4, 0.5) is 10.1 Å². The Kier molecular flexibility index (Phi) is 1.82. The van der Waals surface area contributed by atoms with Crippen LogP contribution < -0.4 is 11.5 Å². The van der Waals surface area contributed by atoms with Crippen molar-refractivity contribution in [1.82, 2.24) is 4.98 Å². The topological polar surface area (TPSA) is 64.9 Å². The number of hydrogen-bond acceptors (Lipinski definition) is 3. The van der Waals surface area contributed by atoms with Gasteiger partial charge in [-0.1, -0.05) is 0 Å². The van der Waals surface area contributed by atoms with Gasteiger partial charge in [0, 0.05) is 6.54 Å². The lowest BCUT2D eigenvalue weighted by molar-refractivity contribution is 0.582. The van der Waals surface area contributed by atoms with Gasteiger partial charge in [-0.05, 0) is 11.6 Å². The van der Waals surface area contributed by atoms with Crippen LogP contribution >= 0.6 is 0 Å². The average Bonchev–Trinajstić information content (AvgIpc) is 1.94. The van der Waals surface area contributed by atoms with Crippen LogP contribution in [-0.2, 0) is 6.54 Å². The van der Waals surface area contributed by atoms with Crippen LogP contribution in [-0.4, -0.2) is 4.98 Å². The molecule has 1 rings (SSSR count). The van der Waals surface area contributed by atoms with Crippen molar-refractivity contribution in [2.24, 2.45) is 5.73 Å². The Labute approximate surface area is 57.9 Å². The second-order valence-electron chi connectivity index (χ2n) is 1.91. The number of nitrogen functional groups attached to an aromatic ring is 1. The Morgan fingerprint density at radius 3 is 2.80 bits per heavy atom. The lowest BCUT2D eigenvalue weighted by atomic mass is 10.2. The van der Waals surface area contributed by atoms with E-state index in [0.717, 1.165) is 0 Å². The van der Waals surface area contributed by atoms with E-state index >= 15 is 0 Å². The first kappa shape index (κ1) is 6.95. The highest BCUT2D eigenvalue weighted by Crippen LogP contribution is 2.08. The number of anilines is 1. The first-order valence-electron chi connectivity index (χ1n) is 2.84. The van der Waals surface area contributed by atoms with E-state index in [4.69, 9.17) is 11.5 Å². The number of hydrogen-bond donors (Lipinski definition) is 2. The maximum atomic E-state index is 12.3. The van der Waals surface area contributed by atoms with Crippen molar-refractivity contribution < 1.29 is 4.39 Å². The second-order valence-corrected chi connectivity index (χ2v) is 1.91. The van der Waals surface area contributed by atoms with Gasteiger partial charge in [-0.2, -0.15) is 4.39 Å². The van der Waals surface area contributed by atoms with E-state index in [0.29, 0.717) is 11.3 Å². The van der Waals surface area contributed by atoms with Gasteiger partial charge in [0.15, 0.2) is 0 Å². The molecule has 0 fully saturated rings. The lowest BCUT2D eigenvalue weighted by Crippen LogP contribution is -2.02. The fourth-order valence-corrected chi connectivity index (χ4v) is 0.655. The average molecular weight is 141 g/mol. The standard InChI is InChI=1S/C6H8FN3/c7-6-1-4(2-8)5(9)3-10-6/h1,3H,2,8-9H2. The van der Waals surface area contributed by atoms with Crippen molar-refractivity contribution in [2.45, 2.75) is 6.54 Å². The molecule has 1 heterocycles. The molecule has 1 aromatic heterocycles. The third kappa shape index (κ3) is 1.22. The van der Waals surface area contributed by atoms with Crippen LogP contribution in [0, 0.1) is 5.95 Å². The van der Waals surface area contributed by atoms with Gasteiger partial charge in [0.25, 0.3) is 0 Å². The summed E-state index contributed by atoms with van der Waals surface area (Å²) < 4.78 is 12.3. The summed E-state index contributed by atoms with van der Waals surface area (Å²) in [5.41, 5.74) is 11.7. The van der Waals surface area contributed by atoms with Gasteiger partial charge in [-0.3, -0.25) is 0 Å². The Balaban J connectivity index is 3.09. The van der Waals surface area contributed by atoms with Gasteiger partial charge in [-0.15, -0.1) is 0 Å². The molecule has 0 aliphatic rings. The molecule has 0 amide bonds. The van der Waals surface area contributed by atoms with E-state index in [2.05, 4.69) is 4.98 Å². The number of nitrogens with zero attached hydrogens (tertiary/aromatic N) is 1. The summed E-state index contributed by atoms with van der Waals surface area (Å²) in [4.78, 5) is 3.34. The van der Waals surface area contributed by atoms with Crippen LogP contribution in [0.15, 0.2) is 12.3 Å². The summed E-state index contributed by atoms with van der Waals surface area (Å²) in [5.74, 6) is -0.547. The Morgan fingerprint density at radius 1 is 1.60 bits per heavy atom. The van der Waals surface area contributed by atoms with Gasteiger partial charge in [-0.25, -0.2) is 4.98 Å². The zero-order valence-corrected chi connectivity index (χ0v) is 5.34. The summed E-state index contributed by atoms with van der Waals surface area (Å²) >= 11 is 0. The maximum absolute atomic E-state index is 12.3. The fourth-order valence-electron chi connectivity index (χ4n) is 0.655. The van der Waals surface area contributed by atoms with E-state index in [1.54, 1.807) is 0 Å². The van der Waals surface area contributed by atoms with Crippen LogP contribution in [0.25, 0.3) is 0 Å². The minimum absolute atomic E-state index is 0.241. The van der Waals surface area contributed by atoms with Crippen molar-refractivity contribution in [1.29, 1.82) is 0 Å². The molecule has 0 saturated carbocycles. The van der Waals surface area contributed by atoms with Crippen LogP contribution in [0.5, 0.6) is 0 Å². The van der Waals surface area contributed by atoms with E-state index in [1.807, 2.05) is 0 Å². The van der Waals surface area contributed by atoms with Gasteiger partial charge < -0.3 is 11.5 Å². The van der Waals surface area contributed by atoms with Gasteiger partial charge in [0.2, 0.25) is 5.95 Å². The fraction of sp³-hybridized carbons (Fsp3) is 0.167. The highest BCUT2D eigenvalue weighted by molar-refractivity contribution is 5.43. The van der Waals surface area contributed by atoms with Gasteiger partial charge in [0.05, 0.1) is 11.9 Å². The summed E-state index contributed by atoms with van der Waals surface area (Å²) in [7, 11) is 0.